The van der Waals surface area contributed by atoms with Gasteiger partial charge in [0.25, 0.3) is 0 Å². The molecule has 0 aliphatic carbocycles. The zero-order chi connectivity index (χ0) is 17.4. The maximum Gasteiger partial charge on any atom is 0.187 e. The van der Waals surface area contributed by atoms with E-state index in [0.717, 1.165) is 43.8 Å². The van der Waals surface area contributed by atoms with E-state index in [4.69, 9.17) is 9.72 Å². The lowest BCUT2D eigenvalue weighted by molar-refractivity contribution is 0.415. The minimum atomic E-state index is 0. The number of halogens is 2. The molecule has 8 heteroatoms. The molecule has 0 aliphatic heterocycles. The van der Waals surface area contributed by atoms with Crippen molar-refractivity contribution in [1.29, 1.82) is 0 Å². The van der Waals surface area contributed by atoms with Crippen LogP contribution in [0.4, 0.5) is 10.8 Å². The normalized spacial score (nSPS) is 10.6. The number of anilines is 2. The molecule has 0 spiro atoms. The van der Waals surface area contributed by atoms with E-state index in [0.29, 0.717) is 0 Å². The number of ether oxygens (including phenoxy) is 1. The Morgan fingerprint density at radius 1 is 1.19 bits per heavy atom. The van der Waals surface area contributed by atoms with Gasteiger partial charge < -0.3 is 10.1 Å². The van der Waals surface area contributed by atoms with Crippen molar-refractivity contribution in [1.82, 2.24) is 14.4 Å². The lowest BCUT2D eigenvalue weighted by atomic mass is 10.3. The maximum atomic E-state index is 5.26. The van der Waals surface area contributed by atoms with Gasteiger partial charge in [0.05, 0.1) is 23.0 Å². The van der Waals surface area contributed by atoms with E-state index >= 15 is 0 Å². The summed E-state index contributed by atoms with van der Waals surface area (Å²) in [6, 6.07) is 11.8. The van der Waals surface area contributed by atoms with Gasteiger partial charge in [0.1, 0.15) is 11.4 Å². The fraction of sp³-hybridized carbons (Fsp3) is 0.111. The molecule has 134 valence electrons. The fourth-order valence-corrected chi connectivity index (χ4v) is 3.87. The molecule has 1 aromatic carbocycles. The summed E-state index contributed by atoms with van der Waals surface area (Å²) in [5.74, 6) is 0.809. The highest BCUT2D eigenvalue weighted by Crippen LogP contribution is 2.31. The molecule has 4 rings (SSSR count). The van der Waals surface area contributed by atoms with Gasteiger partial charge in [0, 0.05) is 23.3 Å². The number of hydrogen-bond acceptors (Lipinski definition) is 5. The zero-order valence-electron chi connectivity index (χ0n) is 14.1. The SMILES string of the molecule is Br.COc1cccc(Nc2nc(-c3c(C)nc4c(Br)cccn34)cs2)c1. The number of nitrogens with one attached hydrogen (secondary N) is 1. The molecule has 0 amide bonds. The predicted octanol–water partition coefficient (Wildman–Crippen LogP) is 5.86. The molecule has 0 saturated carbocycles. The van der Waals surface area contributed by atoms with Crippen LogP contribution in [0, 0.1) is 6.92 Å². The number of hydrogen-bond donors (Lipinski definition) is 1. The van der Waals surface area contributed by atoms with E-state index in [1.807, 2.05) is 54.9 Å². The van der Waals surface area contributed by atoms with Crippen LogP contribution in [0.25, 0.3) is 17.0 Å². The number of aromatic nitrogens is 3. The van der Waals surface area contributed by atoms with Crippen molar-refractivity contribution in [3.63, 3.8) is 0 Å². The molecule has 3 aromatic heterocycles. The smallest absolute Gasteiger partial charge is 0.187 e. The van der Waals surface area contributed by atoms with Gasteiger partial charge in [0.2, 0.25) is 0 Å². The van der Waals surface area contributed by atoms with E-state index in [9.17, 15) is 0 Å². The van der Waals surface area contributed by atoms with Gasteiger partial charge in [-0.25, -0.2) is 9.97 Å². The number of nitrogens with zero attached hydrogens (tertiary/aromatic N) is 3. The van der Waals surface area contributed by atoms with Crippen molar-refractivity contribution in [2.45, 2.75) is 6.92 Å². The maximum absolute atomic E-state index is 5.26. The number of thiazole rings is 1. The van der Waals surface area contributed by atoms with Crippen molar-refractivity contribution >= 4 is 60.7 Å². The monoisotopic (exact) mass is 494 g/mol. The van der Waals surface area contributed by atoms with E-state index in [1.165, 1.54) is 0 Å². The molecule has 0 atom stereocenters. The standard InChI is InChI=1S/C18H15BrN4OS.BrH/c1-11-16(23-8-4-7-14(19)17(23)20-11)15-10-25-18(22-15)21-12-5-3-6-13(9-12)24-2;/h3-10H,1-2H3,(H,21,22);1H. The second kappa shape index (κ2) is 7.77. The minimum Gasteiger partial charge on any atom is -0.497 e. The molecule has 26 heavy (non-hydrogen) atoms. The van der Waals surface area contributed by atoms with E-state index in [1.54, 1.807) is 18.4 Å². The highest BCUT2D eigenvalue weighted by atomic mass is 79.9. The molecular weight excluding hydrogens is 480 g/mol. The van der Waals surface area contributed by atoms with E-state index in [2.05, 4.69) is 30.6 Å². The molecule has 4 aromatic rings. The Morgan fingerprint density at radius 3 is 2.85 bits per heavy atom. The van der Waals surface area contributed by atoms with E-state index in [-0.39, 0.29) is 17.0 Å². The summed E-state index contributed by atoms with van der Waals surface area (Å²) >= 11 is 5.12. The van der Waals surface area contributed by atoms with Gasteiger partial charge >= 0.3 is 0 Å². The van der Waals surface area contributed by atoms with Gasteiger partial charge in [-0.15, -0.1) is 28.3 Å². The fourth-order valence-electron chi connectivity index (χ4n) is 2.72. The Morgan fingerprint density at radius 2 is 2.04 bits per heavy atom. The second-order valence-corrected chi connectivity index (χ2v) is 7.20. The Kier molecular flexibility index (Phi) is 5.64. The van der Waals surface area contributed by atoms with Crippen molar-refractivity contribution in [3.05, 3.63) is 58.1 Å². The van der Waals surface area contributed by atoms with Gasteiger partial charge in [-0.1, -0.05) is 6.07 Å². The first kappa shape index (κ1) is 18.9. The molecule has 5 nitrogen and oxygen atoms in total. The Hall–Kier alpha value is -1.90. The molecule has 0 bridgehead atoms. The van der Waals surface area contributed by atoms with Crippen LogP contribution in [0.15, 0.2) is 52.4 Å². The highest BCUT2D eigenvalue weighted by Gasteiger charge is 2.15. The van der Waals surface area contributed by atoms with Crippen LogP contribution in [0.3, 0.4) is 0 Å². The van der Waals surface area contributed by atoms with Crippen LogP contribution in [-0.2, 0) is 0 Å². The summed E-state index contributed by atoms with van der Waals surface area (Å²) in [6.07, 6.45) is 2.00. The zero-order valence-corrected chi connectivity index (χ0v) is 18.2. The Bertz CT molecular complexity index is 1060. The Labute approximate surface area is 174 Å². The highest BCUT2D eigenvalue weighted by molar-refractivity contribution is 9.10. The Balaban J connectivity index is 0.00000196. The van der Waals surface area contributed by atoms with Crippen molar-refractivity contribution < 1.29 is 4.74 Å². The van der Waals surface area contributed by atoms with Crippen LogP contribution in [0.1, 0.15) is 5.69 Å². The average molecular weight is 496 g/mol. The van der Waals surface area contributed by atoms with Crippen molar-refractivity contribution in [2.24, 2.45) is 0 Å². The lowest BCUT2D eigenvalue weighted by Crippen LogP contribution is -1.92. The number of rotatable bonds is 4. The van der Waals surface area contributed by atoms with Crippen molar-refractivity contribution in [2.75, 3.05) is 12.4 Å². The van der Waals surface area contributed by atoms with Gasteiger partial charge in [-0.2, -0.15) is 0 Å². The van der Waals surface area contributed by atoms with Gasteiger partial charge in [-0.05, 0) is 47.1 Å². The summed E-state index contributed by atoms with van der Waals surface area (Å²) in [5.41, 5.74) is 4.69. The van der Waals surface area contributed by atoms with Crippen LogP contribution >= 0.6 is 44.2 Å². The molecule has 0 saturated heterocycles. The van der Waals surface area contributed by atoms with Crippen molar-refractivity contribution in [3.8, 4) is 17.1 Å². The molecule has 1 N–H and O–H groups in total. The summed E-state index contributed by atoms with van der Waals surface area (Å²) in [4.78, 5) is 9.38. The molecule has 3 heterocycles. The number of aryl methyl sites for hydroxylation is 1. The topological polar surface area (TPSA) is 51.5 Å². The van der Waals surface area contributed by atoms with Crippen LogP contribution in [0.2, 0.25) is 0 Å². The molecular formula is C18H16Br2N4OS. The number of methoxy groups -OCH3 is 1. The largest absolute Gasteiger partial charge is 0.497 e. The predicted molar refractivity (Wildman–Crippen MR) is 115 cm³/mol. The lowest BCUT2D eigenvalue weighted by Gasteiger charge is -2.05. The first-order chi connectivity index (χ1) is 12.2. The molecule has 0 fully saturated rings. The quantitative estimate of drug-likeness (QED) is 0.385. The number of pyridine rings is 1. The third-order valence-electron chi connectivity index (χ3n) is 3.84. The molecule has 0 radical (unpaired) electrons. The average Bonchev–Trinajstić information content (AvgIpc) is 3.19. The first-order valence-corrected chi connectivity index (χ1v) is 9.33. The number of fused-ring (bicyclic) bond motifs is 1. The van der Waals surface area contributed by atoms with Crippen LogP contribution in [-0.4, -0.2) is 21.5 Å². The van der Waals surface area contributed by atoms with Crippen LogP contribution in [0.5, 0.6) is 5.75 Å². The van der Waals surface area contributed by atoms with Crippen LogP contribution < -0.4 is 10.1 Å². The second-order valence-electron chi connectivity index (χ2n) is 5.49. The summed E-state index contributed by atoms with van der Waals surface area (Å²) in [6.45, 7) is 2.00. The van der Waals surface area contributed by atoms with Gasteiger partial charge in [-0.3, -0.25) is 4.40 Å². The summed E-state index contributed by atoms with van der Waals surface area (Å²) in [5, 5.41) is 6.20. The number of imidazole rings is 1. The van der Waals surface area contributed by atoms with Gasteiger partial charge in [0.15, 0.2) is 10.8 Å². The minimum absolute atomic E-state index is 0. The number of benzene rings is 1. The third-order valence-corrected chi connectivity index (χ3v) is 5.22. The summed E-state index contributed by atoms with van der Waals surface area (Å²) < 4.78 is 8.29. The van der Waals surface area contributed by atoms with E-state index < -0.39 is 0 Å². The molecule has 0 unspecified atom stereocenters. The first-order valence-electron chi connectivity index (χ1n) is 7.66. The third kappa shape index (κ3) is 3.49. The summed E-state index contributed by atoms with van der Waals surface area (Å²) in [7, 11) is 1.66. The molecule has 0 aliphatic rings.